The Balaban J connectivity index is 2.30. The maximum absolute atomic E-state index is 12.6. The summed E-state index contributed by atoms with van der Waals surface area (Å²) in [6.45, 7) is 0. The van der Waals surface area contributed by atoms with Gasteiger partial charge in [-0.2, -0.15) is 13.2 Å². The number of carboxylic acid groups (broad SMARTS) is 1. The van der Waals surface area contributed by atoms with Crippen LogP contribution < -0.4 is 0 Å². The van der Waals surface area contributed by atoms with Crippen LogP contribution in [0, 0.1) is 0 Å². The molecule has 0 bridgehead atoms. The van der Waals surface area contributed by atoms with Crippen molar-refractivity contribution in [3.8, 4) is 11.1 Å². The molecule has 0 amide bonds. The van der Waals surface area contributed by atoms with E-state index in [0.717, 1.165) is 12.1 Å². The minimum absolute atomic E-state index is 0.108. The summed E-state index contributed by atoms with van der Waals surface area (Å²) < 4.78 is 37.9. The summed E-state index contributed by atoms with van der Waals surface area (Å²) in [5.74, 6) is -0.947. The lowest BCUT2D eigenvalue weighted by Gasteiger charge is -2.09. The Hall–Kier alpha value is -2.30. The van der Waals surface area contributed by atoms with E-state index in [2.05, 4.69) is 0 Å². The largest absolute Gasteiger partial charge is 0.481 e. The van der Waals surface area contributed by atoms with Gasteiger partial charge in [0.15, 0.2) is 0 Å². The zero-order valence-electron chi connectivity index (χ0n) is 10.3. The molecule has 2 aromatic carbocycles. The van der Waals surface area contributed by atoms with Crippen LogP contribution in [0.3, 0.4) is 0 Å². The summed E-state index contributed by atoms with van der Waals surface area (Å²) in [6, 6.07) is 11.5. The molecule has 0 spiro atoms. The molecule has 0 saturated heterocycles. The van der Waals surface area contributed by atoms with Crippen molar-refractivity contribution in [1.82, 2.24) is 0 Å². The third kappa shape index (κ3) is 3.38. The molecule has 2 aromatic rings. The van der Waals surface area contributed by atoms with Crippen molar-refractivity contribution in [2.45, 2.75) is 12.6 Å². The zero-order valence-corrected chi connectivity index (χ0v) is 10.3. The molecule has 0 aliphatic rings. The number of aliphatic carboxylic acids is 1. The van der Waals surface area contributed by atoms with Crippen LogP contribution in [0.2, 0.25) is 0 Å². The van der Waals surface area contributed by atoms with Crippen LogP contribution in [0.25, 0.3) is 11.1 Å². The molecule has 0 fully saturated rings. The summed E-state index contributed by atoms with van der Waals surface area (Å²) >= 11 is 0. The molecule has 0 saturated carbocycles. The molecule has 0 heterocycles. The van der Waals surface area contributed by atoms with Crippen LogP contribution in [0.1, 0.15) is 11.1 Å². The van der Waals surface area contributed by atoms with Crippen LogP contribution in [-0.2, 0) is 17.4 Å². The molecule has 0 aromatic heterocycles. The second-order valence-electron chi connectivity index (χ2n) is 4.35. The molecule has 1 N–H and O–H groups in total. The van der Waals surface area contributed by atoms with Crippen molar-refractivity contribution in [1.29, 1.82) is 0 Å². The van der Waals surface area contributed by atoms with E-state index in [1.165, 1.54) is 6.07 Å². The standard InChI is InChI=1S/C15H11F3O2/c16-15(17,18)13-3-1-2-12(9-13)11-6-4-10(5-7-11)8-14(19)20/h1-7,9H,8H2,(H,19,20). The lowest BCUT2D eigenvalue weighted by molar-refractivity contribution is -0.138. The van der Waals surface area contributed by atoms with Gasteiger partial charge < -0.3 is 5.11 Å². The molecule has 0 aliphatic heterocycles. The fourth-order valence-corrected chi connectivity index (χ4v) is 1.86. The van der Waals surface area contributed by atoms with Crippen molar-refractivity contribution in [3.63, 3.8) is 0 Å². The van der Waals surface area contributed by atoms with Gasteiger partial charge in [0, 0.05) is 0 Å². The van der Waals surface area contributed by atoms with Gasteiger partial charge in [-0.25, -0.2) is 0 Å². The Labute approximate surface area is 113 Å². The van der Waals surface area contributed by atoms with Crippen molar-refractivity contribution in [3.05, 3.63) is 59.7 Å². The smallest absolute Gasteiger partial charge is 0.416 e. The average Bonchev–Trinajstić information content (AvgIpc) is 2.38. The van der Waals surface area contributed by atoms with Gasteiger partial charge in [0.05, 0.1) is 12.0 Å². The van der Waals surface area contributed by atoms with Crippen molar-refractivity contribution >= 4 is 5.97 Å². The van der Waals surface area contributed by atoms with Crippen molar-refractivity contribution in [2.24, 2.45) is 0 Å². The second kappa shape index (κ2) is 5.36. The number of halogens is 3. The van der Waals surface area contributed by atoms with Crippen LogP contribution in [0.5, 0.6) is 0 Å². The predicted molar refractivity (Wildman–Crippen MR) is 68.2 cm³/mol. The number of carboxylic acids is 1. The highest BCUT2D eigenvalue weighted by atomic mass is 19.4. The highest BCUT2D eigenvalue weighted by molar-refractivity contribution is 5.71. The highest BCUT2D eigenvalue weighted by Crippen LogP contribution is 2.32. The molecular formula is C15H11F3O2. The number of rotatable bonds is 3. The quantitative estimate of drug-likeness (QED) is 0.922. The van der Waals surface area contributed by atoms with E-state index in [4.69, 9.17) is 5.11 Å². The molecular weight excluding hydrogens is 269 g/mol. The number of alkyl halides is 3. The van der Waals surface area contributed by atoms with E-state index in [-0.39, 0.29) is 6.42 Å². The van der Waals surface area contributed by atoms with Gasteiger partial charge in [-0.1, -0.05) is 36.4 Å². The monoisotopic (exact) mass is 280 g/mol. The topological polar surface area (TPSA) is 37.3 Å². The fraction of sp³-hybridized carbons (Fsp3) is 0.133. The Morgan fingerprint density at radius 3 is 2.20 bits per heavy atom. The van der Waals surface area contributed by atoms with Gasteiger partial charge >= 0.3 is 12.1 Å². The molecule has 0 unspecified atom stereocenters. The lowest BCUT2D eigenvalue weighted by atomic mass is 10.0. The van der Waals surface area contributed by atoms with Crippen LogP contribution in [0.15, 0.2) is 48.5 Å². The Bertz CT molecular complexity index is 616. The van der Waals surface area contributed by atoms with Crippen molar-refractivity contribution < 1.29 is 23.1 Å². The van der Waals surface area contributed by atoms with E-state index in [9.17, 15) is 18.0 Å². The third-order valence-corrected chi connectivity index (χ3v) is 2.83. The molecule has 2 rings (SSSR count). The number of hydrogen-bond donors (Lipinski definition) is 1. The molecule has 2 nitrogen and oxygen atoms in total. The lowest BCUT2D eigenvalue weighted by Crippen LogP contribution is -2.04. The van der Waals surface area contributed by atoms with Gasteiger partial charge in [0.25, 0.3) is 0 Å². The fourth-order valence-electron chi connectivity index (χ4n) is 1.86. The van der Waals surface area contributed by atoms with Crippen LogP contribution >= 0.6 is 0 Å². The molecule has 0 aliphatic carbocycles. The Morgan fingerprint density at radius 2 is 1.65 bits per heavy atom. The SMILES string of the molecule is O=C(O)Cc1ccc(-c2cccc(C(F)(F)F)c2)cc1. The molecule has 0 atom stereocenters. The van der Waals surface area contributed by atoms with Crippen molar-refractivity contribution in [2.75, 3.05) is 0 Å². The normalized spacial score (nSPS) is 11.3. The molecule has 5 heteroatoms. The molecule has 0 radical (unpaired) electrons. The van der Waals surface area contributed by atoms with Gasteiger partial charge in [-0.3, -0.25) is 4.79 Å². The predicted octanol–water partition coefficient (Wildman–Crippen LogP) is 4.00. The summed E-state index contributed by atoms with van der Waals surface area (Å²) in [5, 5.41) is 8.65. The first kappa shape index (κ1) is 14.1. The third-order valence-electron chi connectivity index (χ3n) is 2.83. The first-order valence-electron chi connectivity index (χ1n) is 5.84. The second-order valence-corrected chi connectivity index (χ2v) is 4.35. The summed E-state index contributed by atoms with van der Waals surface area (Å²) in [5.41, 5.74) is 0.963. The van der Waals surface area contributed by atoms with E-state index in [1.54, 1.807) is 30.3 Å². The maximum Gasteiger partial charge on any atom is 0.416 e. The van der Waals surface area contributed by atoms with E-state index >= 15 is 0 Å². The molecule has 20 heavy (non-hydrogen) atoms. The van der Waals surface area contributed by atoms with E-state index in [0.29, 0.717) is 16.7 Å². The zero-order chi connectivity index (χ0) is 14.8. The first-order chi connectivity index (χ1) is 9.36. The average molecular weight is 280 g/mol. The van der Waals surface area contributed by atoms with Gasteiger partial charge in [-0.05, 0) is 28.8 Å². The minimum Gasteiger partial charge on any atom is -0.481 e. The number of carbonyl (C=O) groups is 1. The van der Waals surface area contributed by atoms with Gasteiger partial charge in [0.1, 0.15) is 0 Å². The number of benzene rings is 2. The minimum atomic E-state index is -4.38. The van der Waals surface area contributed by atoms with E-state index in [1.807, 2.05) is 0 Å². The molecule has 104 valence electrons. The summed E-state index contributed by atoms with van der Waals surface area (Å²) in [6.07, 6.45) is -4.48. The summed E-state index contributed by atoms with van der Waals surface area (Å²) in [4.78, 5) is 10.6. The van der Waals surface area contributed by atoms with Gasteiger partial charge in [-0.15, -0.1) is 0 Å². The Morgan fingerprint density at radius 1 is 1.00 bits per heavy atom. The van der Waals surface area contributed by atoms with Crippen LogP contribution in [-0.4, -0.2) is 11.1 Å². The Kier molecular flexibility index (Phi) is 3.79. The maximum atomic E-state index is 12.6. The first-order valence-corrected chi connectivity index (χ1v) is 5.84. The van der Waals surface area contributed by atoms with Gasteiger partial charge in [0.2, 0.25) is 0 Å². The van der Waals surface area contributed by atoms with Crippen LogP contribution in [0.4, 0.5) is 13.2 Å². The number of hydrogen-bond acceptors (Lipinski definition) is 1. The van der Waals surface area contributed by atoms with E-state index < -0.39 is 17.7 Å². The summed E-state index contributed by atoms with van der Waals surface area (Å²) in [7, 11) is 0. The highest BCUT2D eigenvalue weighted by Gasteiger charge is 2.30.